The third-order valence-corrected chi connectivity index (χ3v) is 5.41. The highest BCUT2D eigenvalue weighted by Gasteiger charge is 2.21. The largest absolute Gasteiger partial charge is 0.373 e. The van der Waals surface area contributed by atoms with E-state index in [0.717, 1.165) is 38.4 Å². The summed E-state index contributed by atoms with van der Waals surface area (Å²) in [6.45, 7) is 9.49. The molecule has 2 heterocycles. The van der Waals surface area contributed by atoms with Gasteiger partial charge in [0.05, 0.1) is 22.9 Å². The summed E-state index contributed by atoms with van der Waals surface area (Å²) < 4.78 is 5.73. The van der Waals surface area contributed by atoms with Gasteiger partial charge in [-0.15, -0.1) is 0 Å². The van der Waals surface area contributed by atoms with Crippen LogP contribution < -0.4 is 15.5 Å². The highest BCUT2D eigenvalue weighted by Crippen LogP contribution is 2.30. The molecule has 2 amide bonds. The number of ether oxygens (including phenoxy) is 1. The maximum atomic E-state index is 12.2. The first-order chi connectivity index (χ1) is 13.0. The fourth-order valence-corrected chi connectivity index (χ4v) is 4.25. The summed E-state index contributed by atoms with van der Waals surface area (Å²) in [6, 6.07) is 5.54. The van der Waals surface area contributed by atoms with Crippen LogP contribution in [0.15, 0.2) is 18.2 Å². The van der Waals surface area contributed by atoms with Crippen LogP contribution in [0.4, 0.5) is 16.2 Å². The Morgan fingerprint density at radius 1 is 1.19 bits per heavy atom. The molecule has 7 heteroatoms. The number of nitrogens with one attached hydrogen (secondary N) is 2. The van der Waals surface area contributed by atoms with Gasteiger partial charge < -0.3 is 20.3 Å². The van der Waals surface area contributed by atoms with Crippen molar-refractivity contribution in [3.05, 3.63) is 23.2 Å². The monoisotopic (exact) mass is 394 g/mol. The molecule has 2 N–H and O–H groups in total. The molecule has 1 aromatic rings. The number of hydrogen-bond acceptors (Lipinski definition) is 4. The molecule has 0 aliphatic carbocycles. The van der Waals surface area contributed by atoms with Crippen LogP contribution in [0, 0.1) is 0 Å². The van der Waals surface area contributed by atoms with Crippen molar-refractivity contribution in [1.82, 2.24) is 10.2 Å². The number of benzene rings is 1. The topological polar surface area (TPSA) is 56.8 Å². The van der Waals surface area contributed by atoms with Crippen LogP contribution in [0.2, 0.25) is 5.02 Å². The van der Waals surface area contributed by atoms with Crippen molar-refractivity contribution in [3.8, 4) is 0 Å². The number of urea groups is 1. The quantitative estimate of drug-likeness (QED) is 0.801. The lowest BCUT2D eigenvalue weighted by Gasteiger charge is -2.35. The Labute approximate surface area is 167 Å². The van der Waals surface area contributed by atoms with Gasteiger partial charge in [0.1, 0.15) is 0 Å². The zero-order valence-electron chi connectivity index (χ0n) is 16.3. The van der Waals surface area contributed by atoms with Gasteiger partial charge in [-0.05, 0) is 51.3 Å². The number of piperidine rings is 1. The Morgan fingerprint density at radius 2 is 1.89 bits per heavy atom. The Hall–Kier alpha value is -1.50. The molecule has 2 unspecified atom stereocenters. The Morgan fingerprint density at radius 3 is 2.56 bits per heavy atom. The van der Waals surface area contributed by atoms with Crippen molar-refractivity contribution in [2.45, 2.75) is 45.3 Å². The minimum absolute atomic E-state index is 0.203. The molecule has 1 aromatic carbocycles. The van der Waals surface area contributed by atoms with E-state index in [1.807, 2.05) is 18.2 Å². The Bertz CT molecular complexity index is 626. The van der Waals surface area contributed by atoms with Crippen molar-refractivity contribution in [3.63, 3.8) is 0 Å². The van der Waals surface area contributed by atoms with E-state index in [1.54, 1.807) is 0 Å². The molecule has 3 rings (SSSR count). The number of carbonyl (C=O) groups is 1. The van der Waals surface area contributed by atoms with Crippen molar-refractivity contribution in [2.24, 2.45) is 0 Å². The molecule has 0 bridgehead atoms. The van der Waals surface area contributed by atoms with E-state index in [1.165, 1.54) is 19.3 Å². The first kappa shape index (κ1) is 20.2. The average Bonchev–Trinajstić information content (AvgIpc) is 2.62. The second-order valence-corrected chi connectivity index (χ2v) is 8.02. The van der Waals surface area contributed by atoms with Gasteiger partial charge >= 0.3 is 6.03 Å². The van der Waals surface area contributed by atoms with Crippen molar-refractivity contribution >= 4 is 29.0 Å². The lowest BCUT2D eigenvalue weighted by atomic mass is 10.1. The summed E-state index contributed by atoms with van der Waals surface area (Å²) >= 11 is 6.45. The van der Waals surface area contributed by atoms with Gasteiger partial charge in [-0.25, -0.2) is 4.79 Å². The van der Waals surface area contributed by atoms with Gasteiger partial charge in [0.2, 0.25) is 0 Å². The molecular formula is C20H31ClN4O2. The van der Waals surface area contributed by atoms with Crippen LogP contribution in [0.3, 0.4) is 0 Å². The molecule has 2 atom stereocenters. The molecule has 2 saturated heterocycles. The van der Waals surface area contributed by atoms with E-state index < -0.39 is 0 Å². The average molecular weight is 395 g/mol. The van der Waals surface area contributed by atoms with Gasteiger partial charge in [-0.3, -0.25) is 4.90 Å². The zero-order valence-corrected chi connectivity index (χ0v) is 17.1. The third-order valence-electron chi connectivity index (χ3n) is 5.11. The lowest BCUT2D eigenvalue weighted by molar-refractivity contribution is -0.0672. The number of nitrogens with zero attached hydrogens (tertiary/aromatic N) is 2. The Balaban J connectivity index is 1.44. The van der Waals surface area contributed by atoms with Crippen LogP contribution in [-0.2, 0) is 4.74 Å². The highest BCUT2D eigenvalue weighted by atomic mass is 35.5. The smallest absolute Gasteiger partial charge is 0.319 e. The predicted molar refractivity (Wildman–Crippen MR) is 111 cm³/mol. The molecule has 0 saturated carbocycles. The maximum absolute atomic E-state index is 12.2. The summed E-state index contributed by atoms with van der Waals surface area (Å²) in [5, 5.41) is 6.48. The maximum Gasteiger partial charge on any atom is 0.319 e. The molecule has 0 aromatic heterocycles. The molecular weight excluding hydrogens is 364 g/mol. The Kier molecular flexibility index (Phi) is 7.21. The zero-order chi connectivity index (χ0) is 19.2. The van der Waals surface area contributed by atoms with Crippen molar-refractivity contribution in [1.29, 1.82) is 0 Å². The van der Waals surface area contributed by atoms with Gasteiger partial charge in [-0.1, -0.05) is 11.6 Å². The number of rotatable bonds is 5. The molecule has 0 radical (unpaired) electrons. The van der Waals surface area contributed by atoms with E-state index in [4.69, 9.17) is 16.3 Å². The van der Waals surface area contributed by atoms with Crippen LogP contribution in [-0.4, -0.2) is 62.4 Å². The number of anilines is 2. The fraction of sp³-hybridized carbons (Fsp3) is 0.650. The normalized spacial score (nSPS) is 23.9. The summed E-state index contributed by atoms with van der Waals surface area (Å²) in [5.74, 6) is 0. The minimum Gasteiger partial charge on any atom is -0.373 e. The predicted octanol–water partition coefficient (Wildman–Crippen LogP) is 3.56. The standard InChI is InChI=1S/C20H31ClN4O2/c1-15-13-24(14-16(2)27-15)11-8-22-20(26)23-17-6-7-19(18(21)12-17)25-9-4-3-5-10-25/h6-7,12,15-16H,3-5,8-11,13-14H2,1-2H3,(H2,22,23,26). The molecule has 27 heavy (non-hydrogen) atoms. The summed E-state index contributed by atoms with van der Waals surface area (Å²) in [4.78, 5) is 16.8. The number of amides is 2. The lowest BCUT2D eigenvalue weighted by Crippen LogP contribution is -2.48. The van der Waals surface area contributed by atoms with E-state index >= 15 is 0 Å². The molecule has 6 nitrogen and oxygen atoms in total. The van der Waals surface area contributed by atoms with Crippen molar-refractivity contribution in [2.75, 3.05) is 49.5 Å². The molecule has 2 aliphatic heterocycles. The van der Waals surface area contributed by atoms with Gasteiger partial charge in [0, 0.05) is 45.0 Å². The number of halogens is 1. The van der Waals surface area contributed by atoms with E-state index in [0.29, 0.717) is 17.3 Å². The summed E-state index contributed by atoms with van der Waals surface area (Å²) in [7, 11) is 0. The number of hydrogen-bond donors (Lipinski definition) is 2. The van der Waals surface area contributed by atoms with Crippen LogP contribution in [0.1, 0.15) is 33.1 Å². The molecule has 2 fully saturated rings. The SMILES string of the molecule is CC1CN(CCNC(=O)Nc2ccc(N3CCCCC3)c(Cl)c2)CC(C)O1. The van der Waals surface area contributed by atoms with Crippen LogP contribution >= 0.6 is 11.6 Å². The highest BCUT2D eigenvalue weighted by molar-refractivity contribution is 6.33. The van der Waals surface area contributed by atoms with Crippen molar-refractivity contribution < 1.29 is 9.53 Å². The summed E-state index contributed by atoms with van der Waals surface area (Å²) in [5.41, 5.74) is 1.77. The number of carbonyl (C=O) groups excluding carboxylic acids is 1. The van der Waals surface area contributed by atoms with Gasteiger partial charge in [-0.2, -0.15) is 0 Å². The second-order valence-electron chi connectivity index (χ2n) is 7.61. The summed E-state index contributed by atoms with van der Waals surface area (Å²) in [6.07, 6.45) is 4.18. The van der Waals surface area contributed by atoms with Gasteiger partial charge in [0.15, 0.2) is 0 Å². The van der Waals surface area contributed by atoms with E-state index in [-0.39, 0.29) is 18.2 Å². The van der Waals surface area contributed by atoms with Gasteiger partial charge in [0.25, 0.3) is 0 Å². The molecule has 2 aliphatic rings. The molecule has 150 valence electrons. The van der Waals surface area contributed by atoms with E-state index in [9.17, 15) is 4.79 Å². The fourth-order valence-electron chi connectivity index (χ4n) is 3.95. The first-order valence-electron chi connectivity index (χ1n) is 9.98. The van der Waals surface area contributed by atoms with Crippen LogP contribution in [0.5, 0.6) is 0 Å². The van der Waals surface area contributed by atoms with Crippen LogP contribution in [0.25, 0.3) is 0 Å². The van der Waals surface area contributed by atoms with E-state index in [2.05, 4.69) is 34.3 Å². The second kappa shape index (κ2) is 9.62. The minimum atomic E-state index is -0.203. The third kappa shape index (κ3) is 5.99. The first-order valence-corrected chi connectivity index (χ1v) is 10.4. The molecule has 0 spiro atoms. The number of morpholine rings is 1.